The average molecular weight is 231 g/mol. The Morgan fingerprint density at radius 2 is 2.24 bits per heavy atom. The Kier molecular flexibility index (Phi) is 3.81. The summed E-state index contributed by atoms with van der Waals surface area (Å²) in [4.78, 5) is 13.6. The van der Waals surface area contributed by atoms with Gasteiger partial charge in [0.05, 0.1) is 12.3 Å². The minimum atomic E-state index is -0.254. The van der Waals surface area contributed by atoms with Crippen molar-refractivity contribution in [1.29, 1.82) is 0 Å². The molecule has 0 unspecified atom stereocenters. The van der Waals surface area contributed by atoms with Crippen LogP contribution in [-0.4, -0.2) is 19.2 Å². The summed E-state index contributed by atoms with van der Waals surface area (Å²) in [6, 6.07) is 7.84. The van der Waals surface area contributed by atoms with Crippen LogP contribution in [0.2, 0.25) is 0 Å². The molecule has 1 aliphatic heterocycles. The van der Waals surface area contributed by atoms with Gasteiger partial charge in [-0.2, -0.15) is 0 Å². The molecule has 90 valence electrons. The van der Waals surface area contributed by atoms with Crippen molar-refractivity contribution in [3.63, 3.8) is 0 Å². The summed E-state index contributed by atoms with van der Waals surface area (Å²) in [6.45, 7) is 3.16. The van der Waals surface area contributed by atoms with Gasteiger partial charge in [-0.1, -0.05) is 43.7 Å². The van der Waals surface area contributed by atoms with Crippen LogP contribution >= 0.6 is 0 Å². The molecule has 17 heavy (non-hydrogen) atoms. The normalized spacial score (nSPS) is 13.4. The second-order valence-corrected chi connectivity index (χ2v) is 4.04. The molecule has 0 spiro atoms. The van der Waals surface area contributed by atoms with Gasteiger partial charge in [0.1, 0.15) is 0 Å². The van der Waals surface area contributed by atoms with Crippen LogP contribution in [0.1, 0.15) is 25.3 Å². The lowest BCUT2D eigenvalue weighted by Gasteiger charge is -2.25. The summed E-state index contributed by atoms with van der Waals surface area (Å²) >= 11 is 0. The van der Waals surface area contributed by atoms with Crippen molar-refractivity contribution in [3.8, 4) is 0 Å². The van der Waals surface area contributed by atoms with Crippen LogP contribution in [-0.2, 0) is 4.74 Å². The van der Waals surface area contributed by atoms with E-state index in [9.17, 15) is 4.79 Å². The number of fused-ring (bicyclic) bond motifs is 1. The predicted octanol–water partition coefficient (Wildman–Crippen LogP) is 3.46. The SMILES string of the molecule is CCCCOC(=O)N1CC=Cc2ccccc21. The lowest BCUT2D eigenvalue weighted by atomic mass is 10.1. The van der Waals surface area contributed by atoms with Gasteiger partial charge in [0, 0.05) is 6.54 Å². The Bertz CT molecular complexity index is 426. The number of para-hydroxylation sites is 1. The Hall–Kier alpha value is -1.77. The van der Waals surface area contributed by atoms with Crippen LogP contribution < -0.4 is 4.90 Å². The molecule has 3 nitrogen and oxygen atoms in total. The predicted molar refractivity (Wildman–Crippen MR) is 69.1 cm³/mol. The van der Waals surface area contributed by atoms with E-state index in [1.807, 2.05) is 36.4 Å². The number of nitrogens with zero attached hydrogens (tertiary/aromatic N) is 1. The molecule has 1 aromatic carbocycles. The first kappa shape index (κ1) is 11.7. The molecule has 0 saturated carbocycles. The highest BCUT2D eigenvalue weighted by Gasteiger charge is 2.20. The van der Waals surface area contributed by atoms with E-state index in [4.69, 9.17) is 4.74 Å². The average Bonchev–Trinajstić information content (AvgIpc) is 2.38. The molecule has 0 aliphatic carbocycles. The molecule has 1 amide bonds. The summed E-state index contributed by atoms with van der Waals surface area (Å²) < 4.78 is 5.23. The Morgan fingerprint density at radius 1 is 1.41 bits per heavy atom. The van der Waals surface area contributed by atoms with Gasteiger partial charge in [0.2, 0.25) is 0 Å². The highest BCUT2D eigenvalue weighted by Crippen LogP contribution is 2.25. The number of benzene rings is 1. The number of anilines is 1. The number of hydrogen-bond acceptors (Lipinski definition) is 2. The number of carbonyl (C=O) groups excluding carboxylic acids is 1. The van der Waals surface area contributed by atoms with Gasteiger partial charge < -0.3 is 4.74 Å². The van der Waals surface area contributed by atoms with Crippen molar-refractivity contribution in [1.82, 2.24) is 0 Å². The largest absolute Gasteiger partial charge is 0.449 e. The fourth-order valence-corrected chi connectivity index (χ4v) is 1.81. The number of rotatable bonds is 3. The molecule has 2 rings (SSSR count). The van der Waals surface area contributed by atoms with Crippen LogP contribution in [0.3, 0.4) is 0 Å². The van der Waals surface area contributed by atoms with Crippen molar-refractivity contribution in [3.05, 3.63) is 35.9 Å². The topological polar surface area (TPSA) is 29.5 Å². The Morgan fingerprint density at radius 3 is 3.06 bits per heavy atom. The fraction of sp³-hybridized carbons (Fsp3) is 0.357. The number of ether oxygens (including phenoxy) is 1. The van der Waals surface area contributed by atoms with Crippen molar-refractivity contribution in [2.75, 3.05) is 18.1 Å². The van der Waals surface area contributed by atoms with E-state index in [2.05, 4.69) is 6.92 Å². The number of hydrogen-bond donors (Lipinski definition) is 0. The van der Waals surface area contributed by atoms with Crippen LogP contribution in [0.5, 0.6) is 0 Å². The van der Waals surface area contributed by atoms with E-state index >= 15 is 0 Å². The van der Waals surface area contributed by atoms with E-state index in [0.29, 0.717) is 13.2 Å². The minimum Gasteiger partial charge on any atom is -0.449 e. The van der Waals surface area contributed by atoms with Gasteiger partial charge in [0.25, 0.3) is 0 Å². The van der Waals surface area contributed by atoms with Crippen LogP contribution in [0, 0.1) is 0 Å². The van der Waals surface area contributed by atoms with Crippen molar-refractivity contribution in [2.45, 2.75) is 19.8 Å². The zero-order chi connectivity index (χ0) is 12.1. The molecular weight excluding hydrogens is 214 g/mol. The highest BCUT2D eigenvalue weighted by molar-refractivity contribution is 5.92. The fourth-order valence-electron chi connectivity index (χ4n) is 1.81. The molecule has 1 heterocycles. The summed E-state index contributed by atoms with van der Waals surface area (Å²) in [5, 5.41) is 0. The molecule has 1 aliphatic rings. The third-order valence-electron chi connectivity index (χ3n) is 2.76. The molecule has 0 atom stereocenters. The number of unbranched alkanes of at least 4 members (excludes halogenated alkanes) is 1. The third kappa shape index (κ3) is 2.67. The second-order valence-electron chi connectivity index (χ2n) is 4.04. The van der Waals surface area contributed by atoms with E-state index in [0.717, 1.165) is 24.1 Å². The zero-order valence-corrected chi connectivity index (χ0v) is 10.1. The lowest BCUT2D eigenvalue weighted by Crippen LogP contribution is -2.33. The van der Waals surface area contributed by atoms with Crippen molar-refractivity contribution in [2.24, 2.45) is 0 Å². The maximum absolute atomic E-state index is 11.9. The van der Waals surface area contributed by atoms with Crippen molar-refractivity contribution >= 4 is 17.9 Å². The molecule has 0 aromatic heterocycles. The van der Waals surface area contributed by atoms with E-state index < -0.39 is 0 Å². The molecule has 0 radical (unpaired) electrons. The summed E-state index contributed by atoms with van der Waals surface area (Å²) in [6.07, 6.45) is 5.70. The van der Waals surface area contributed by atoms with Crippen LogP contribution in [0.4, 0.5) is 10.5 Å². The molecule has 0 N–H and O–H groups in total. The molecule has 3 heteroatoms. The molecule has 0 fully saturated rings. The van der Waals surface area contributed by atoms with Gasteiger partial charge in [-0.25, -0.2) is 4.79 Å². The molecule has 0 bridgehead atoms. The van der Waals surface area contributed by atoms with Crippen LogP contribution in [0.25, 0.3) is 6.08 Å². The number of amides is 1. The maximum Gasteiger partial charge on any atom is 0.414 e. The van der Waals surface area contributed by atoms with Gasteiger partial charge in [-0.05, 0) is 18.1 Å². The van der Waals surface area contributed by atoms with E-state index in [1.54, 1.807) is 4.90 Å². The van der Waals surface area contributed by atoms with Crippen LogP contribution in [0.15, 0.2) is 30.3 Å². The Labute approximate surface area is 102 Å². The van der Waals surface area contributed by atoms with Gasteiger partial charge >= 0.3 is 6.09 Å². The quantitative estimate of drug-likeness (QED) is 0.745. The van der Waals surface area contributed by atoms with Crippen molar-refractivity contribution < 1.29 is 9.53 Å². The second kappa shape index (κ2) is 5.53. The summed E-state index contributed by atoms with van der Waals surface area (Å²) in [5.41, 5.74) is 1.99. The number of carbonyl (C=O) groups is 1. The zero-order valence-electron chi connectivity index (χ0n) is 10.1. The first-order chi connectivity index (χ1) is 8.33. The smallest absolute Gasteiger partial charge is 0.414 e. The minimum absolute atomic E-state index is 0.254. The summed E-state index contributed by atoms with van der Waals surface area (Å²) in [7, 11) is 0. The van der Waals surface area contributed by atoms with E-state index in [-0.39, 0.29) is 6.09 Å². The highest BCUT2D eigenvalue weighted by atomic mass is 16.6. The molecule has 1 aromatic rings. The summed E-state index contributed by atoms with van der Waals surface area (Å²) in [5.74, 6) is 0. The van der Waals surface area contributed by atoms with Gasteiger partial charge in [0.15, 0.2) is 0 Å². The first-order valence-electron chi connectivity index (χ1n) is 6.03. The maximum atomic E-state index is 11.9. The first-order valence-corrected chi connectivity index (χ1v) is 6.03. The monoisotopic (exact) mass is 231 g/mol. The van der Waals surface area contributed by atoms with Gasteiger partial charge in [-0.3, -0.25) is 4.90 Å². The third-order valence-corrected chi connectivity index (χ3v) is 2.76. The van der Waals surface area contributed by atoms with Gasteiger partial charge in [-0.15, -0.1) is 0 Å². The van der Waals surface area contributed by atoms with E-state index in [1.165, 1.54) is 0 Å². The Balaban J connectivity index is 2.07. The molecule has 0 saturated heterocycles. The molecular formula is C14H17NO2. The lowest BCUT2D eigenvalue weighted by molar-refractivity contribution is 0.152. The standard InChI is InChI=1S/C14H17NO2/c1-2-3-11-17-14(16)15-10-6-8-12-7-4-5-9-13(12)15/h4-9H,2-3,10-11H2,1H3.